The maximum Gasteiger partial charge on any atom is 0.225 e. The highest BCUT2D eigenvalue weighted by Crippen LogP contribution is 2.27. The van der Waals surface area contributed by atoms with Crippen molar-refractivity contribution >= 4 is 39.0 Å². The molecule has 0 aromatic carbocycles. The lowest BCUT2D eigenvalue weighted by molar-refractivity contribution is 0.267. The predicted octanol–water partition coefficient (Wildman–Crippen LogP) is 3.16. The molecule has 2 heterocycles. The third-order valence-corrected chi connectivity index (χ3v) is 3.84. The van der Waals surface area contributed by atoms with E-state index in [9.17, 15) is 0 Å². The van der Waals surface area contributed by atoms with E-state index >= 15 is 0 Å². The monoisotopic (exact) mass is 285 g/mol. The number of anilines is 1. The smallest absolute Gasteiger partial charge is 0.225 e. The first-order valence-electron chi connectivity index (χ1n) is 5.90. The van der Waals surface area contributed by atoms with Crippen molar-refractivity contribution in [2.24, 2.45) is 5.92 Å². The van der Waals surface area contributed by atoms with Gasteiger partial charge >= 0.3 is 0 Å². The van der Waals surface area contributed by atoms with Gasteiger partial charge in [0.2, 0.25) is 5.28 Å². The summed E-state index contributed by atoms with van der Waals surface area (Å²) in [5.41, 5.74) is 0. The first-order chi connectivity index (χ1) is 8.61. The molecule has 2 aromatic heterocycles. The number of thiophene rings is 1. The fourth-order valence-electron chi connectivity index (χ4n) is 1.83. The van der Waals surface area contributed by atoms with Gasteiger partial charge in [0.15, 0.2) is 0 Å². The fraction of sp³-hybridized carbons (Fsp3) is 0.500. The molecule has 0 amide bonds. The van der Waals surface area contributed by atoms with Crippen LogP contribution < -0.4 is 5.32 Å². The Morgan fingerprint density at radius 1 is 1.44 bits per heavy atom. The normalized spacial score (nSPS) is 13.2. The Bertz CT molecular complexity index is 529. The lowest BCUT2D eigenvalue weighted by Crippen LogP contribution is -2.27. The third-order valence-electron chi connectivity index (χ3n) is 2.86. The van der Waals surface area contributed by atoms with Gasteiger partial charge in [0.1, 0.15) is 10.6 Å². The van der Waals surface area contributed by atoms with Crippen LogP contribution in [0.2, 0.25) is 5.28 Å². The van der Waals surface area contributed by atoms with Gasteiger partial charge in [-0.05, 0) is 35.4 Å². The topological polar surface area (TPSA) is 58.0 Å². The summed E-state index contributed by atoms with van der Waals surface area (Å²) in [7, 11) is 0. The number of hydrogen-bond acceptors (Lipinski definition) is 5. The molecule has 0 bridgehead atoms. The van der Waals surface area contributed by atoms with E-state index in [1.54, 1.807) is 0 Å². The van der Waals surface area contributed by atoms with E-state index in [-0.39, 0.29) is 17.9 Å². The molecule has 0 spiro atoms. The number of halogens is 1. The molecule has 0 saturated carbocycles. The zero-order chi connectivity index (χ0) is 13.1. The van der Waals surface area contributed by atoms with Crippen molar-refractivity contribution in [3.8, 4) is 0 Å². The zero-order valence-electron chi connectivity index (χ0n) is 10.4. The molecule has 0 saturated heterocycles. The Morgan fingerprint density at radius 2 is 2.22 bits per heavy atom. The van der Waals surface area contributed by atoms with Crippen LogP contribution in [0.25, 0.3) is 10.2 Å². The Balaban J connectivity index is 2.32. The lowest BCUT2D eigenvalue weighted by atomic mass is 10.0. The van der Waals surface area contributed by atoms with Crippen molar-refractivity contribution in [2.45, 2.75) is 26.3 Å². The minimum Gasteiger partial charge on any atom is -0.396 e. The molecule has 1 atom stereocenters. The average molecular weight is 286 g/mol. The van der Waals surface area contributed by atoms with Gasteiger partial charge in [-0.3, -0.25) is 0 Å². The molecule has 2 rings (SSSR count). The average Bonchev–Trinajstić information content (AvgIpc) is 2.76. The minimum atomic E-state index is 0.154. The molecule has 0 aliphatic heterocycles. The molecular formula is C12H16ClN3OS. The number of aliphatic hydroxyl groups excluding tert-OH is 1. The quantitative estimate of drug-likeness (QED) is 0.829. The fourth-order valence-corrected chi connectivity index (χ4v) is 2.81. The summed E-state index contributed by atoms with van der Waals surface area (Å²) >= 11 is 7.46. The van der Waals surface area contributed by atoms with Gasteiger partial charge in [0.25, 0.3) is 0 Å². The molecular weight excluding hydrogens is 270 g/mol. The molecule has 1 unspecified atom stereocenters. The van der Waals surface area contributed by atoms with Gasteiger partial charge in [0, 0.05) is 12.6 Å². The number of nitrogens with zero attached hydrogens (tertiary/aromatic N) is 2. The van der Waals surface area contributed by atoms with E-state index in [0.29, 0.717) is 12.3 Å². The van der Waals surface area contributed by atoms with Gasteiger partial charge < -0.3 is 10.4 Å². The van der Waals surface area contributed by atoms with Crippen LogP contribution in [0, 0.1) is 5.92 Å². The zero-order valence-corrected chi connectivity index (χ0v) is 11.9. The van der Waals surface area contributed by atoms with Crippen molar-refractivity contribution in [1.82, 2.24) is 9.97 Å². The highest BCUT2D eigenvalue weighted by atomic mass is 35.5. The van der Waals surface area contributed by atoms with Crippen LogP contribution in [0.5, 0.6) is 0 Å². The van der Waals surface area contributed by atoms with Crippen molar-refractivity contribution < 1.29 is 5.11 Å². The molecule has 4 nitrogen and oxygen atoms in total. The number of rotatable bonds is 5. The van der Waals surface area contributed by atoms with Crippen LogP contribution >= 0.6 is 22.9 Å². The van der Waals surface area contributed by atoms with Crippen LogP contribution in [0.15, 0.2) is 11.4 Å². The second-order valence-corrected chi connectivity index (χ2v) is 5.72. The summed E-state index contributed by atoms with van der Waals surface area (Å²) < 4.78 is 0. The number of fused-ring (bicyclic) bond motifs is 1. The predicted molar refractivity (Wildman–Crippen MR) is 76.4 cm³/mol. The third kappa shape index (κ3) is 2.91. The largest absolute Gasteiger partial charge is 0.396 e. The van der Waals surface area contributed by atoms with E-state index < -0.39 is 0 Å². The van der Waals surface area contributed by atoms with Crippen LogP contribution in [0.4, 0.5) is 5.82 Å². The summed E-state index contributed by atoms with van der Waals surface area (Å²) in [5, 5.41) is 15.7. The van der Waals surface area contributed by atoms with E-state index in [2.05, 4.69) is 29.1 Å². The molecule has 2 aromatic rings. The Kier molecular flexibility index (Phi) is 4.37. The molecule has 6 heteroatoms. The van der Waals surface area contributed by atoms with Crippen LogP contribution in [0.1, 0.15) is 20.3 Å². The van der Waals surface area contributed by atoms with Crippen LogP contribution in [-0.4, -0.2) is 27.7 Å². The second-order valence-electron chi connectivity index (χ2n) is 4.49. The van der Waals surface area contributed by atoms with E-state index in [1.165, 1.54) is 11.3 Å². The number of hydrogen-bond donors (Lipinski definition) is 2. The van der Waals surface area contributed by atoms with E-state index in [0.717, 1.165) is 16.0 Å². The summed E-state index contributed by atoms with van der Waals surface area (Å²) in [6, 6.07) is 2.15. The first-order valence-corrected chi connectivity index (χ1v) is 7.15. The van der Waals surface area contributed by atoms with Gasteiger partial charge in [-0.15, -0.1) is 11.3 Å². The molecule has 18 heavy (non-hydrogen) atoms. The first kappa shape index (κ1) is 13.5. The molecule has 2 N–H and O–H groups in total. The Hall–Kier alpha value is -0.910. The van der Waals surface area contributed by atoms with Gasteiger partial charge in [-0.2, -0.15) is 0 Å². The molecule has 98 valence electrons. The van der Waals surface area contributed by atoms with Crippen LogP contribution in [0.3, 0.4) is 0 Å². The summed E-state index contributed by atoms with van der Waals surface area (Å²) in [4.78, 5) is 9.30. The number of aromatic nitrogens is 2. The van der Waals surface area contributed by atoms with Crippen molar-refractivity contribution in [3.05, 3.63) is 16.7 Å². The van der Waals surface area contributed by atoms with E-state index in [4.69, 9.17) is 16.7 Å². The molecule has 0 fully saturated rings. The highest BCUT2D eigenvalue weighted by molar-refractivity contribution is 7.16. The molecule has 0 aliphatic carbocycles. The van der Waals surface area contributed by atoms with Crippen LogP contribution in [-0.2, 0) is 0 Å². The maximum atomic E-state index is 9.09. The Labute approximate surface area is 115 Å². The Morgan fingerprint density at radius 3 is 2.89 bits per heavy atom. The second kappa shape index (κ2) is 5.82. The van der Waals surface area contributed by atoms with Gasteiger partial charge in [-0.1, -0.05) is 13.8 Å². The SMILES string of the molecule is CC(C)C(CCO)Nc1nc(Cl)nc2sccc12. The summed E-state index contributed by atoms with van der Waals surface area (Å²) in [6.45, 7) is 4.38. The lowest BCUT2D eigenvalue weighted by Gasteiger charge is -2.22. The van der Waals surface area contributed by atoms with Gasteiger partial charge in [-0.25, -0.2) is 9.97 Å². The standard InChI is InChI=1S/C12H16ClN3OS/c1-7(2)9(3-5-17)14-10-8-4-6-18-11(8)16-12(13)15-10/h4,6-7,9,17H,3,5H2,1-2H3,(H,14,15,16). The minimum absolute atomic E-state index is 0.154. The number of aliphatic hydroxyl groups is 1. The maximum absolute atomic E-state index is 9.09. The van der Waals surface area contributed by atoms with Gasteiger partial charge in [0.05, 0.1) is 5.39 Å². The summed E-state index contributed by atoms with van der Waals surface area (Å²) in [6.07, 6.45) is 0.685. The summed E-state index contributed by atoms with van der Waals surface area (Å²) in [5.74, 6) is 1.15. The number of nitrogens with one attached hydrogen (secondary N) is 1. The molecule has 0 aliphatic rings. The van der Waals surface area contributed by atoms with Crippen molar-refractivity contribution in [1.29, 1.82) is 0 Å². The van der Waals surface area contributed by atoms with Crippen molar-refractivity contribution in [3.63, 3.8) is 0 Å². The van der Waals surface area contributed by atoms with E-state index in [1.807, 2.05) is 11.4 Å². The van der Waals surface area contributed by atoms with Crippen molar-refractivity contribution in [2.75, 3.05) is 11.9 Å². The molecule has 0 radical (unpaired) electrons. The highest BCUT2D eigenvalue weighted by Gasteiger charge is 2.16.